The summed E-state index contributed by atoms with van der Waals surface area (Å²) in [5.41, 5.74) is 2.99. The number of H-pyrrole nitrogens is 1. The number of aliphatic hydroxyl groups excluding tert-OH is 1. The van der Waals surface area contributed by atoms with Crippen LogP contribution in [0.1, 0.15) is 19.4 Å². The van der Waals surface area contributed by atoms with Crippen LogP contribution in [0.25, 0.3) is 20.8 Å². The minimum atomic E-state index is -4.85. The van der Waals surface area contributed by atoms with Crippen molar-refractivity contribution in [3.63, 3.8) is 0 Å². The fourth-order valence-electron chi connectivity index (χ4n) is 5.44. The predicted molar refractivity (Wildman–Crippen MR) is 202 cm³/mol. The second-order valence-corrected chi connectivity index (χ2v) is 15.7. The van der Waals surface area contributed by atoms with Crippen LogP contribution >= 0.6 is 22.9 Å². The van der Waals surface area contributed by atoms with Gasteiger partial charge >= 0.3 is 0 Å². The average Bonchev–Trinajstić information content (AvgIpc) is 3.51. The standard InChI is InChI=1S/C32H27ClN10O9S3/c1-4-43-28(45)22(26(34)44)15(3)23(29(43)46)42-41-20-13-18(10-12-21(20)54(47,48)49)36-32-39-30(33)38-31(40-32)35-17-8-6-16(7-9-17)27-37-19-11-5-14(2)25(24(19)53-27)55(50,51)52/h5-13,41H,4H2,1-3H3,(H2,34,44)(H,47,48,49)(H,50,51,52)(H2,35,36,38,39,40)/b42-23-. The molecule has 0 bridgehead atoms. The average molecular weight is 827 g/mol. The Morgan fingerprint density at radius 3 is 2.33 bits per heavy atom. The SMILES string of the molecule is CCN1C(=O)C(C(=N)O)=C(C)/C(=N/Nc2cc(N=c3nc(Nc4ccc(-c5nc6ccc(C)c(S(=O)(=O)O)c6s5)cc4)nc(Cl)[nH]3)ccc2S(=O)(=O)O)C1=O. The number of halogens is 1. The van der Waals surface area contributed by atoms with Crippen LogP contribution in [0.4, 0.5) is 23.0 Å². The van der Waals surface area contributed by atoms with Gasteiger partial charge in [0.15, 0.2) is 5.71 Å². The molecular formula is C32H27ClN10O9S3. The first kappa shape index (κ1) is 38.8. The minimum Gasteiger partial charge on any atom is -0.493 e. The maximum Gasteiger partial charge on any atom is 0.296 e. The summed E-state index contributed by atoms with van der Waals surface area (Å²) in [6, 6.07) is 13.5. The van der Waals surface area contributed by atoms with E-state index in [1.54, 1.807) is 43.3 Å². The molecule has 19 nitrogen and oxygen atoms in total. The number of aliphatic hydroxyl groups is 1. The van der Waals surface area contributed by atoms with Gasteiger partial charge < -0.3 is 10.4 Å². The third-order valence-corrected chi connectivity index (χ3v) is 11.3. The quantitative estimate of drug-likeness (QED) is 0.0335. The van der Waals surface area contributed by atoms with Crippen molar-refractivity contribution in [1.29, 1.82) is 5.41 Å². The molecule has 7 N–H and O–H groups in total. The summed E-state index contributed by atoms with van der Waals surface area (Å²) in [6.07, 6.45) is 0. The van der Waals surface area contributed by atoms with Crippen LogP contribution in [-0.4, -0.2) is 85.9 Å². The summed E-state index contributed by atoms with van der Waals surface area (Å²) in [5.74, 6) is -2.87. The molecule has 0 radical (unpaired) electrons. The molecule has 1 aliphatic heterocycles. The zero-order valence-electron chi connectivity index (χ0n) is 28.5. The van der Waals surface area contributed by atoms with Crippen LogP contribution in [0.15, 0.2) is 85.6 Å². The normalized spacial score (nSPS) is 15.0. The molecule has 2 amide bonds. The lowest BCUT2D eigenvalue weighted by Gasteiger charge is -2.26. The highest BCUT2D eigenvalue weighted by Gasteiger charge is 2.38. The van der Waals surface area contributed by atoms with Gasteiger partial charge in [0.1, 0.15) is 20.4 Å². The number of amides is 2. The Hall–Kier alpha value is -5.91. The number of rotatable bonds is 10. The summed E-state index contributed by atoms with van der Waals surface area (Å²) < 4.78 is 68.4. The lowest BCUT2D eigenvalue weighted by molar-refractivity contribution is -0.138. The van der Waals surface area contributed by atoms with E-state index in [2.05, 4.69) is 40.8 Å². The van der Waals surface area contributed by atoms with Crippen molar-refractivity contribution in [2.75, 3.05) is 17.3 Å². The van der Waals surface area contributed by atoms with Crippen LogP contribution in [0.3, 0.4) is 0 Å². The largest absolute Gasteiger partial charge is 0.493 e. The van der Waals surface area contributed by atoms with E-state index in [9.17, 15) is 40.6 Å². The van der Waals surface area contributed by atoms with Gasteiger partial charge in [-0.25, -0.2) is 9.98 Å². The van der Waals surface area contributed by atoms with Gasteiger partial charge in [-0.15, -0.1) is 11.3 Å². The third-order valence-electron chi connectivity index (χ3n) is 7.94. The highest BCUT2D eigenvalue weighted by atomic mass is 35.5. The zero-order valence-corrected chi connectivity index (χ0v) is 31.7. The van der Waals surface area contributed by atoms with Crippen LogP contribution < -0.4 is 16.4 Å². The van der Waals surface area contributed by atoms with Crippen LogP contribution in [-0.2, 0) is 29.8 Å². The number of hydrogen-bond donors (Lipinski definition) is 7. The Balaban J connectivity index is 1.29. The fourth-order valence-corrected chi connectivity index (χ4v) is 8.55. The lowest BCUT2D eigenvalue weighted by atomic mass is 9.98. The number of carbonyl (C=O) groups excluding carboxylic acids is 2. The van der Waals surface area contributed by atoms with Crippen molar-refractivity contribution < 1.29 is 40.6 Å². The van der Waals surface area contributed by atoms with E-state index >= 15 is 0 Å². The van der Waals surface area contributed by atoms with Crippen molar-refractivity contribution in [2.24, 2.45) is 10.1 Å². The molecule has 0 atom stereocenters. The summed E-state index contributed by atoms with van der Waals surface area (Å²) >= 11 is 7.33. The van der Waals surface area contributed by atoms with Gasteiger partial charge in [-0.2, -0.15) is 31.9 Å². The Labute approximate surface area is 320 Å². The zero-order chi connectivity index (χ0) is 40.0. The van der Waals surface area contributed by atoms with Gasteiger partial charge in [0.25, 0.3) is 32.1 Å². The molecule has 0 unspecified atom stereocenters. The first-order valence-corrected chi connectivity index (χ1v) is 19.7. The fraction of sp³-hybridized carbons (Fsp3) is 0.125. The van der Waals surface area contributed by atoms with Crippen molar-refractivity contribution in [3.05, 3.63) is 82.2 Å². The number of carbonyl (C=O) groups is 2. The molecule has 0 saturated carbocycles. The summed E-state index contributed by atoms with van der Waals surface area (Å²) in [4.78, 5) is 45.5. The van der Waals surface area contributed by atoms with Crippen molar-refractivity contribution in [2.45, 2.75) is 30.6 Å². The summed E-state index contributed by atoms with van der Waals surface area (Å²) in [6.45, 7) is 4.24. The van der Waals surface area contributed by atoms with E-state index in [4.69, 9.17) is 17.0 Å². The van der Waals surface area contributed by atoms with E-state index in [0.29, 0.717) is 32.0 Å². The number of aromatic nitrogens is 4. The van der Waals surface area contributed by atoms with E-state index in [1.165, 1.54) is 19.9 Å². The second-order valence-electron chi connectivity index (χ2n) is 11.6. The maximum atomic E-state index is 13.0. The van der Waals surface area contributed by atoms with Gasteiger partial charge in [0, 0.05) is 23.4 Å². The molecule has 6 rings (SSSR count). The number of nitrogens with one attached hydrogen (secondary N) is 4. The molecule has 5 aromatic rings. The number of anilines is 3. The van der Waals surface area contributed by atoms with Crippen molar-refractivity contribution in [3.8, 4) is 10.6 Å². The number of hydrogen-bond acceptors (Lipinski definition) is 15. The van der Waals surface area contributed by atoms with Crippen molar-refractivity contribution in [1.82, 2.24) is 24.8 Å². The Morgan fingerprint density at radius 2 is 1.69 bits per heavy atom. The number of fused-ring (bicyclic) bond motifs is 1. The number of thiazole rings is 1. The van der Waals surface area contributed by atoms with E-state index in [-0.39, 0.29) is 45.2 Å². The monoisotopic (exact) mass is 826 g/mol. The first-order valence-electron chi connectivity index (χ1n) is 15.6. The molecule has 0 fully saturated rings. The van der Waals surface area contributed by atoms with Gasteiger partial charge in [-0.3, -0.25) is 39.4 Å². The maximum absolute atomic E-state index is 13.0. The van der Waals surface area contributed by atoms with Crippen LogP contribution in [0.2, 0.25) is 5.28 Å². The topological polar surface area (TPSA) is 293 Å². The van der Waals surface area contributed by atoms with E-state index < -0.39 is 54.1 Å². The summed E-state index contributed by atoms with van der Waals surface area (Å²) in [7, 11) is -9.33. The molecule has 55 heavy (non-hydrogen) atoms. The minimum absolute atomic E-state index is 0.00108. The van der Waals surface area contributed by atoms with Gasteiger partial charge in [0.2, 0.25) is 22.7 Å². The number of nitrogens with zero attached hydrogens (tertiary/aromatic N) is 6. The highest BCUT2D eigenvalue weighted by Crippen LogP contribution is 2.36. The second kappa shape index (κ2) is 14.7. The van der Waals surface area contributed by atoms with Gasteiger partial charge in [-0.05, 0) is 86.5 Å². The number of aromatic amines is 1. The number of likely N-dealkylation sites (N-methyl/N-ethyl adjacent to an activating group) is 1. The Morgan fingerprint density at radius 1 is 0.982 bits per heavy atom. The smallest absolute Gasteiger partial charge is 0.296 e. The number of imide groups is 1. The van der Waals surface area contributed by atoms with Crippen LogP contribution in [0, 0.1) is 12.3 Å². The molecule has 0 aliphatic carbocycles. The predicted octanol–water partition coefficient (Wildman–Crippen LogP) is 4.52. The number of benzene rings is 3. The molecule has 3 heterocycles. The molecule has 23 heteroatoms. The Kier molecular flexibility index (Phi) is 10.4. The molecule has 0 spiro atoms. The van der Waals surface area contributed by atoms with E-state index in [1.807, 2.05) is 0 Å². The van der Waals surface area contributed by atoms with Gasteiger partial charge in [0.05, 0.1) is 21.6 Å². The summed E-state index contributed by atoms with van der Waals surface area (Å²) in [5, 5.41) is 24.7. The molecule has 284 valence electrons. The number of hydrazone groups is 1. The third kappa shape index (κ3) is 7.99. The van der Waals surface area contributed by atoms with Gasteiger partial charge in [-0.1, -0.05) is 6.07 Å². The molecule has 3 aromatic carbocycles. The molecule has 0 saturated heterocycles. The molecule has 2 aromatic heterocycles. The van der Waals surface area contributed by atoms with E-state index in [0.717, 1.165) is 28.4 Å². The van der Waals surface area contributed by atoms with Crippen LogP contribution in [0.5, 0.6) is 0 Å². The number of aryl methyl sites for hydroxylation is 1. The lowest BCUT2D eigenvalue weighted by Crippen LogP contribution is -2.48. The molecule has 1 aliphatic rings. The highest BCUT2D eigenvalue weighted by molar-refractivity contribution is 7.86. The first-order chi connectivity index (χ1) is 25.8. The molecular weight excluding hydrogens is 800 g/mol. The Bertz CT molecular complexity index is 2820. The van der Waals surface area contributed by atoms with Crippen molar-refractivity contribution >= 4 is 99.8 Å².